The summed E-state index contributed by atoms with van der Waals surface area (Å²) in [6.07, 6.45) is -0.191. The summed E-state index contributed by atoms with van der Waals surface area (Å²) in [6, 6.07) is 18.5. The number of hydrogen-bond donors (Lipinski definition) is 0. The van der Waals surface area contributed by atoms with Crippen molar-refractivity contribution in [2.45, 2.75) is 19.1 Å². The molecule has 2 aromatic carbocycles. The summed E-state index contributed by atoms with van der Waals surface area (Å²) in [6.45, 7) is 2.78. The van der Waals surface area contributed by atoms with E-state index in [4.69, 9.17) is 9.15 Å². The molecule has 1 fully saturated rings. The van der Waals surface area contributed by atoms with E-state index in [9.17, 15) is 9.59 Å². The average Bonchev–Trinajstić information content (AvgIpc) is 2.68. The van der Waals surface area contributed by atoms with Crippen LogP contribution in [-0.2, 0) is 4.74 Å². The zero-order valence-electron chi connectivity index (χ0n) is 14.4. The smallest absolute Gasteiger partial charge is 0.344 e. The second-order valence-corrected chi connectivity index (χ2v) is 6.52. The van der Waals surface area contributed by atoms with Crippen molar-refractivity contribution in [1.29, 1.82) is 0 Å². The third-order valence-corrected chi connectivity index (χ3v) is 4.75. The molecule has 4 rings (SSSR count). The molecule has 0 N–H and O–H groups in total. The number of morpholine rings is 1. The molecule has 0 radical (unpaired) electrons. The van der Waals surface area contributed by atoms with Crippen LogP contribution in [0.15, 0.2) is 69.9 Å². The Morgan fingerprint density at radius 1 is 1.08 bits per heavy atom. The van der Waals surface area contributed by atoms with Crippen LogP contribution in [0.4, 0.5) is 0 Å². The maximum Gasteiger partial charge on any atom is 0.344 e. The fraction of sp³-hybridized carbons (Fsp3) is 0.238. The van der Waals surface area contributed by atoms with E-state index in [2.05, 4.69) is 0 Å². The van der Waals surface area contributed by atoms with Gasteiger partial charge in [-0.3, -0.25) is 4.79 Å². The Morgan fingerprint density at radius 2 is 1.81 bits per heavy atom. The first-order valence-corrected chi connectivity index (χ1v) is 8.64. The van der Waals surface area contributed by atoms with Gasteiger partial charge < -0.3 is 14.1 Å². The lowest BCUT2D eigenvalue weighted by Crippen LogP contribution is -2.48. The van der Waals surface area contributed by atoms with E-state index in [0.29, 0.717) is 23.9 Å². The minimum absolute atomic E-state index is 0.0641. The SMILES string of the molecule is C[C@H]1CO[C@H](c2ccccc2)CN1C(=O)c1cc2ccccc2c(=O)o1. The summed E-state index contributed by atoms with van der Waals surface area (Å²) < 4.78 is 11.2. The number of hydrogen-bond acceptors (Lipinski definition) is 4. The van der Waals surface area contributed by atoms with Crippen LogP contribution in [0.5, 0.6) is 0 Å². The standard InChI is InChI=1S/C21H19NO4/c1-14-13-25-19(15-7-3-2-4-8-15)12-22(14)20(23)18-11-16-9-5-6-10-17(16)21(24)26-18/h2-11,14,19H,12-13H2,1H3/t14-,19-/m0/s1. The summed E-state index contributed by atoms with van der Waals surface area (Å²) >= 11 is 0. The number of amides is 1. The van der Waals surface area contributed by atoms with Crippen LogP contribution in [-0.4, -0.2) is 30.0 Å². The van der Waals surface area contributed by atoms with Gasteiger partial charge in [-0.25, -0.2) is 4.79 Å². The molecule has 0 spiro atoms. The quantitative estimate of drug-likeness (QED) is 0.711. The first-order chi connectivity index (χ1) is 12.6. The van der Waals surface area contributed by atoms with Gasteiger partial charge in [-0.2, -0.15) is 0 Å². The number of ether oxygens (including phenoxy) is 1. The van der Waals surface area contributed by atoms with E-state index in [1.807, 2.05) is 43.3 Å². The molecule has 0 saturated carbocycles. The van der Waals surface area contributed by atoms with E-state index in [1.54, 1.807) is 29.2 Å². The molecule has 0 bridgehead atoms. The van der Waals surface area contributed by atoms with Gasteiger partial charge in [0.05, 0.1) is 24.6 Å². The molecule has 2 atom stereocenters. The Labute approximate surface area is 150 Å². The molecule has 1 aliphatic heterocycles. The molecule has 1 amide bonds. The molecule has 1 saturated heterocycles. The Kier molecular flexibility index (Phi) is 4.31. The fourth-order valence-electron chi connectivity index (χ4n) is 3.29. The summed E-state index contributed by atoms with van der Waals surface area (Å²) in [7, 11) is 0. The van der Waals surface area contributed by atoms with E-state index >= 15 is 0 Å². The highest BCUT2D eigenvalue weighted by atomic mass is 16.5. The zero-order chi connectivity index (χ0) is 18.1. The molecule has 0 unspecified atom stereocenters. The van der Waals surface area contributed by atoms with Gasteiger partial charge in [0.2, 0.25) is 0 Å². The maximum atomic E-state index is 13.0. The van der Waals surface area contributed by atoms with E-state index < -0.39 is 5.63 Å². The minimum atomic E-state index is -0.494. The molecule has 1 aromatic heterocycles. The van der Waals surface area contributed by atoms with Gasteiger partial charge >= 0.3 is 5.63 Å². The van der Waals surface area contributed by atoms with E-state index in [-0.39, 0.29) is 23.8 Å². The summed E-state index contributed by atoms with van der Waals surface area (Å²) in [5.41, 5.74) is 0.532. The van der Waals surface area contributed by atoms with Crippen LogP contribution in [0.2, 0.25) is 0 Å². The van der Waals surface area contributed by atoms with Crippen molar-refractivity contribution in [1.82, 2.24) is 4.90 Å². The van der Waals surface area contributed by atoms with Gasteiger partial charge in [-0.05, 0) is 30.0 Å². The van der Waals surface area contributed by atoms with Gasteiger partial charge in [-0.1, -0.05) is 48.5 Å². The first kappa shape index (κ1) is 16.5. The van der Waals surface area contributed by atoms with Crippen LogP contribution >= 0.6 is 0 Å². The predicted octanol–water partition coefficient (Wildman–Crippen LogP) is 3.40. The van der Waals surface area contributed by atoms with Crippen molar-refractivity contribution in [3.63, 3.8) is 0 Å². The van der Waals surface area contributed by atoms with Crippen molar-refractivity contribution >= 4 is 16.7 Å². The molecule has 5 heteroatoms. The number of carbonyl (C=O) groups excluding carboxylic acids is 1. The Bertz CT molecular complexity index is 996. The van der Waals surface area contributed by atoms with Gasteiger partial charge in [0.15, 0.2) is 5.76 Å². The molecular weight excluding hydrogens is 330 g/mol. The normalized spacial score (nSPS) is 20.3. The van der Waals surface area contributed by atoms with E-state index in [1.165, 1.54) is 0 Å². The number of rotatable bonds is 2. The highest BCUT2D eigenvalue weighted by Crippen LogP contribution is 2.26. The largest absolute Gasteiger partial charge is 0.417 e. The molecule has 26 heavy (non-hydrogen) atoms. The summed E-state index contributed by atoms with van der Waals surface area (Å²) in [4.78, 5) is 26.9. The van der Waals surface area contributed by atoms with Crippen molar-refractivity contribution in [2.75, 3.05) is 13.2 Å². The lowest BCUT2D eigenvalue weighted by molar-refractivity contribution is -0.0496. The molecule has 2 heterocycles. The summed E-state index contributed by atoms with van der Waals surface area (Å²) in [5.74, 6) is -0.223. The highest BCUT2D eigenvalue weighted by molar-refractivity contribution is 5.95. The molecule has 5 nitrogen and oxygen atoms in total. The number of nitrogens with zero attached hydrogens (tertiary/aromatic N) is 1. The molecular formula is C21H19NO4. The predicted molar refractivity (Wildman–Crippen MR) is 98.1 cm³/mol. The molecule has 132 valence electrons. The molecule has 0 aliphatic carbocycles. The van der Waals surface area contributed by atoms with Crippen LogP contribution in [0.1, 0.15) is 29.1 Å². The molecule has 1 aliphatic rings. The number of benzene rings is 2. The first-order valence-electron chi connectivity index (χ1n) is 8.64. The van der Waals surface area contributed by atoms with Crippen molar-refractivity contribution in [2.24, 2.45) is 0 Å². The van der Waals surface area contributed by atoms with Gasteiger partial charge in [0.25, 0.3) is 5.91 Å². The maximum absolute atomic E-state index is 13.0. The van der Waals surface area contributed by atoms with Gasteiger partial charge in [-0.15, -0.1) is 0 Å². The van der Waals surface area contributed by atoms with Crippen molar-refractivity contribution < 1.29 is 13.9 Å². The second kappa shape index (κ2) is 6.77. The van der Waals surface area contributed by atoms with Crippen LogP contribution < -0.4 is 5.63 Å². The monoisotopic (exact) mass is 349 g/mol. The summed E-state index contributed by atoms with van der Waals surface area (Å²) in [5, 5.41) is 1.17. The average molecular weight is 349 g/mol. The number of carbonyl (C=O) groups is 1. The van der Waals surface area contributed by atoms with Crippen molar-refractivity contribution in [3.05, 3.63) is 82.4 Å². The second-order valence-electron chi connectivity index (χ2n) is 6.52. The van der Waals surface area contributed by atoms with Crippen molar-refractivity contribution in [3.8, 4) is 0 Å². The van der Waals surface area contributed by atoms with Gasteiger partial charge in [0.1, 0.15) is 6.10 Å². The Balaban J connectivity index is 1.65. The van der Waals surface area contributed by atoms with E-state index in [0.717, 1.165) is 5.56 Å². The zero-order valence-corrected chi connectivity index (χ0v) is 14.4. The Morgan fingerprint density at radius 3 is 2.62 bits per heavy atom. The number of fused-ring (bicyclic) bond motifs is 1. The third kappa shape index (κ3) is 3.02. The Hall–Kier alpha value is -2.92. The highest BCUT2D eigenvalue weighted by Gasteiger charge is 2.32. The molecule has 3 aromatic rings. The van der Waals surface area contributed by atoms with Crippen LogP contribution in [0.25, 0.3) is 10.8 Å². The minimum Gasteiger partial charge on any atom is -0.417 e. The lowest BCUT2D eigenvalue weighted by atomic mass is 10.1. The van der Waals surface area contributed by atoms with Gasteiger partial charge in [0, 0.05) is 0 Å². The third-order valence-electron chi connectivity index (χ3n) is 4.75. The lowest BCUT2D eigenvalue weighted by Gasteiger charge is -2.37. The van der Waals surface area contributed by atoms with Crippen LogP contribution in [0, 0.1) is 0 Å². The van der Waals surface area contributed by atoms with Crippen LogP contribution in [0.3, 0.4) is 0 Å². The topological polar surface area (TPSA) is 59.8 Å². The fourth-order valence-corrected chi connectivity index (χ4v) is 3.29.